The second-order valence-corrected chi connectivity index (χ2v) is 4.65. The topological polar surface area (TPSA) is 29.1 Å². The average Bonchev–Trinajstić information content (AvgIpc) is 2.17. The number of hydrogen-bond donors (Lipinski definition) is 1. The van der Waals surface area contributed by atoms with E-state index in [1.807, 2.05) is 13.8 Å². The maximum atomic E-state index is 11.6. The Bertz CT molecular complexity index is 333. The molecule has 82 valence electrons. The number of rotatable bonds is 3. The number of amides is 1. The third-order valence-corrected chi connectivity index (χ3v) is 2.35. The third kappa shape index (κ3) is 3.73. The van der Waals surface area contributed by atoms with Crippen LogP contribution in [0.2, 0.25) is 0 Å². The molecule has 15 heavy (non-hydrogen) atoms. The maximum absolute atomic E-state index is 11.6. The highest BCUT2D eigenvalue weighted by Crippen LogP contribution is 2.24. The van der Waals surface area contributed by atoms with Gasteiger partial charge in [-0.1, -0.05) is 12.1 Å². The highest BCUT2D eigenvalue weighted by atomic mass is 35.5. The third-order valence-electron chi connectivity index (χ3n) is 1.84. The molecular formula is C11H13Cl2NO. The fraction of sp³-hybridized carbons (Fsp3) is 0.364. The monoisotopic (exact) mass is 245 g/mol. The molecule has 4 heteroatoms. The van der Waals surface area contributed by atoms with Gasteiger partial charge in [0.05, 0.1) is 0 Å². The predicted octanol–water partition coefficient (Wildman–Crippen LogP) is 3.30. The zero-order valence-electron chi connectivity index (χ0n) is 8.63. The molecule has 0 spiro atoms. The van der Waals surface area contributed by atoms with Crippen molar-refractivity contribution >= 4 is 29.1 Å². The van der Waals surface area contributed by atoms with E-state index in [1.54, 1.807) is 24.3 Å². The van der Waals surface area contributed by atoms with Crippen molar-refractivity contribution in [1.82, 2.24) is 5.32 Å². The summed E-state index contributed by atoms with van der Waals surface area (Å²) >= 11 is 11.4. The summed E-state index contributed by atoms with van der Waals surface area (Å²) in [5.41, 5.74) is 1.40. The molecule has 1 rings (SSSR count). The van der Waals surface area contributed by atoms with Gasteiger partial charge in [0, 0.05) is 11.6 Å². The first-order chi connectivity index (χ1) is 7.00. The van der Waals surface area contributed by atoms with Crippen LogP contribution in [-0.4, -0.2) is 11.9 Å². The lowest BCUT2D eigenvalue weighted by molar-refractivity contribution is 0.0943. The van der Waals surface area contributed by atoms with E-state index in [0.717, 1.165) is 5.56 Å². The van der Waals surface area contributed by atoms with Gasteiger partial charge in [0.25, 0.3) is 5.91 Å². The molecule has 0 aliphatic rings. The molecule has 0 heterocycles. The van der Waals surface area contributed by atoms with E-state index >= 15 is 0 Å². The largest absolute Gasteiger partial charge is 0.350 e. The van der Waals surface area contributed by atoms with Crippen LogP contribution in [0.5, 0.6) is 0 Å². The highest BCUT2D eigenvalue weighted by Gasteiger charge is 2.08. The van der Waals surface area contributed by atoms with Crippen molar-refractivity contribution in [1.29, 1.82) is 0 Å². The molecule has 1 aromatic carbocycles. The van der Waals surface area contributed by atoms with Crippen LogP contribution in [0, 0.1) is 0 Å². The zero-order chi connectivity index (χ0) is 11.4. The van der Waals surface area contributed by atoms with Crippen LogP contribution in [0.4, 0.5) is 0 Å². The summed E-state index contributed by atoms with van der Waals surface area (Å²) < 4.78 is 0. The Morgan fingerprint density at radius 2 is 1.73 bits per heavy atom. The molecule has 0 radical (unpaired) electrons. The summed E-state index contributed by atoms with van der Waals surface area (Å²) in [4.78, 5) is 11.0. The van der Waals surface area contributed by atoms with Crippen LogP contribution < -0.4 is 5.32 Å². The molecule has 0 aliphatic heterocycles. The number of alkyl halides is 2. The minimum Gasteiger partial charge on any atom is -0.350 e. The molecular weight excluding hydrogens is 233 g/mol. The van der Waals surface area contributed by atoms with Gasteiger partial charge in [-0.3, -0.25) is 4.79 Å². The van der Waals surface area contributed by atoms with Crippen LogP contribution in [0.3, 0.4) is 0 Å². The second-order valence-electron chi connectivity index (χ2n) is 3.55. The van der Waals surface area contributed by atoms with Crippen molar-refractivity contribution in [3.05, 3.63) is 35.4 Å². The molecule has 0 aromatic heterocycles. The van der Waals surface area contributed by atoms with Crippen molar-refractivity contribution < 1.29 is 4.79 Å². The van der Waals surface area contributed by atoms with Gasteiger partial charge in [0.15, 0.2) is 0 Å². The normalized spacial score (nSPS) is 10.8. The van der Waals surface area contributed by atoms with Crippen LogP contribution in [0.1, 0.15) is 34.6 Å². The van der Waals surface area contributed by atoms with Crippen LogP contribution in [0.25, 0.3) is 0 Å². The summed E-state index contributed by atoms with van der Waals surface area (Å²) in [6.07, 6.45) is 0. The van der Waals surface area contributed by atoms with E-state index < -0.39 is 4.84 Å². The quantitative estimate of drug-likeness (QED) is 0.814. The van der Waals surface area contributed by atoms with Gasteiger partial charge in [0.2, 0.25) is 0 Å². The SMILES string of the molecule is CC(C)NC(=O)c1ccc(C(Cl)Cl)cc1. The fourth-order valence-electron chi connectivity index (χ4n) is 1.13. The van der Waals surface area contributed by atoms with Crippen molar-refractivity contribution in [2.75, 3.05) is 0 Å². The Morgan fingerprint density at radius 1 is 1.20 bits per heavy atom. The van der Waals surface area contributed by atoms with Gasteiger partial charge in [-0.2, -0.15) is 0 Å². The standard InChI is InChI=1S/C11H13Cl2NO/c1-7(2)14-11(15)9-5-3-8(4-6-9)10(12)13/h3-7,10H,1-2H3,(H,14,15). The van der Waals surface area contributed by atoms with Crippen LogP contribution in [0.15, 0.2) is 24.3 Å². The summed E-state index contributed by atoms with van der Waals surface area (Å²) in [6, 6.07) is 7.06. The Balaban J connectivity index is 2.75. The average molecular weight is 246 g/mol. The van der Waals surface area contributed by atoms with E-state index in [9.17, 15) is 4.79 Å². The number of carbonyl (C=O) groups is 1. The molecule has 1 amide bonds. The molecule has 2 nitrogen and oxygen atoms in total. The van der Waals surface area contributed by atoms with E-state index in [0.29, 0.717) is 5.56 Å². The van der Waals surface area contributed by atoms with Crippen molar-refractivity contribution in [2.45, 2.75) is 24.7 Å². The number of halogens is 2. The van der Waals surface area contributed by atoms with E-state index in [2.05, 4.69) is 5.32 Å². The Hall–Kier alpha value is -0.730. The molecule has 1 aromatic rings. The lowest BCUT2D eigenvalue weighted by Gasteiger charge is -2.08. The molecule has 0 unspecified atom stereocenters. The Morgan fingerprint density at radius 3 is 2.13 bits per heavy atom. The molecule has 1 N–H and O–H groups in total. The number of carbonyl (C=O) groups excluding carboxylic acids is 1. The first-order valence-corrected chi connectivity index (χ1v) is 5.57. The predicted molar refractivity (Wildman–Crippen MR) is 63.5 cm³/mol. The molecule has 0 saturated carbocycles. The summed E-state index contributed by atoms with van der Waals surface area (Å²) in [7, 11) is 0. The number of benzene rings is 1. The van der Waals surface area contributed by atoms with Crippen molar-refractivity contribution in [3.8, 4) is 0 Å². The van der Waals surface area contributed by atoms with Gasteiger partial charge in [-0.05, 0) is 31.5 Å². The molecule has 0 aliphatic carbocycles. The van der Waals surface area contributed by atoms with Crippen LogP contribution in [-0.2, 0) is 0 Å². The minimum absolute atomic E-state index is 0.0859. The van der Waals surface area contributed by atoms with E-state index in [4.69, 9.17) is 23.2 Å². The van der Waals surface area contributed by atoms with Crippen molar-refractivity contribution in [3.63, 3.8) is 0 Å². The first kappa shape index (κ1) is 12.3. The molecule has 0 saturated heterocycles. The maximum Gasteiger partial charge on any atom is 0.251 e. The van der Waals surface area contributed by atoms with E-state index in [1.165, 1.54) is 0 Å². The molecule has 0 fully saturated rings. The first-order valence-electron chi connectivity index (χ1n) is 4.69. The summed E-state index contributed by atoms with van der Waals surface area (Å²) in [5.74, 6) is -0.0859. The van der Waals surface area contributed by atoms with Crippen molar-refractivity contribution in [2.24, 2.45) is 0 Å². The lowest BCUT2D eigenvalue weighted by atomic mass is 10.1. The fourth-order valence-corrected chi connectivity index (χ4v) is 1.42. The smallest absolute Gasteiger partial charge is 0.251 e. The second kappa shape index (κ2) is 5.38. The minimum atomic E-state index is -0.549. The van der Waals surface area contributed by atoms with Gasteiger partial charge in [0.1, 0.15) is 4.84 Å². The van der Waals surface area contributed by atoms with Crippen LogP contribution >= 0.6 is 23.2 Å². The summed E-state index contributed by atoms with van der Waals surface area (Å²) in [5, 5.41) is 2.80. The van der Waals surface area contributed by atoms with Gasteiger partial charge in [-0.15, -0.1) is 23.2 Å². The lowest BCUT2D eigenvalue weighted by Crippen LogP contribution is -2.29. The molecule has 0 bridgehead atoms. The highest BCUT2D eigenvalue weighted by molar-refractivity contribution is 6.44. The zero-order valence-corrected chi connectivity index (χ0v) is 10.1. The Kier molecular flexibility index (Phi) is 4.43. The number of hydrogen-bond acceptors (Lipinski definition) is 1. The van der Waals surface area contributed by atoms with Gasteiger partial charge in [-0.25, -0.2) is 0 Å². The number of nitrogens with one attached hydrogen (secondary N) is 1. The molecule has 0 atom stereocenters. The van der Waals surface area contributed by atoms with E-state index in [-0.39, 0.29) is 11.9 Å². The summed E-state index contributed by atoms with van der Waals surface area (Å²) in [6.45, 7) is 3.83. The Labute approximate surface area is 99.6 Å². The van der Waals surface area contributed by atoms with Gasteiger partial charge >= 0.3 is 0 Å². The van der Waals surface area contributed by atoms with Gasteiger partial charge < -0.3 is 5.32 Å².